The Bertz CT molecular complexity index is 76.8. The molecule has 0 amide bonds. The molecule has 0 aromatic carbocycles. The van der Waals surface area contributed by atoms with Crippen molar-refractivity contribution < 1.29 is 10.2 Å². The minimum absolute atomic E-state index is 0.130. The van der Waals surface area contributed by atoms with Gasteiger partial charge in [0, 0.05) is 12.6 Å². The third-order valence-electron chi connectivity index (χ3n) is 1.42. The molecule has 8 heavy (non-hydrogen) atoms. The van der Waals surface area contributed by atoms with Gasteiger partial charge in [-0.25, -0.2) is 0 Å². The Morgan fingerprint density at radius 2 is 2.38 bits per heavy atom. The van der Waals surface area contributed by atoms with Gasteiger partial charge in [-0.1, -0.05) is 0 Å². The Kier molecular flexibility index (Phi) is 1.83. The molecule has 48 valence electrons. The molecule has 0 aromatic rings. The van der Waals surface area contributed by atoms with E-state index in [1.54, 1.807) is 0 Å². The van der Waals surface area contributed by atoms with E-state index in [1.165, 1.54) is 0 Å². The van der Waals surface area contributed by atoms with E-state index >= 15 is 0 Å². The van der Waals surface area contributed by atoms with Crippen LogP contribution in [0.2, 0.25) is 0 Å². The Balaban J connectivity index is 2.22. The van der Waals surface area contributed by atoms with Gasteiger partial charge in [-0.15, -0.1) is 0 Å². The fourth-order valence-corrected chi connectivity index (χ4v) is 0.937. The summed E-state index contributed by atoms with van der Waals surface area (Å²) in [7, 11) is 0. The molecule has 3 N–H and O–H groups in total. The van der Waals surface area contributed by atoms with Gasteiger partial charge in [0.05, 0.1) is 12.7 Å². The van der Waals surface area contributed by atoms with E-state index in [9.17, 15) is 0 Å². The summed E-state index contributed by atoms with van der Waals surface area (Å²) in [6.07, 6.45) is 0.448. The summed E-state index contributed by atoms with van der Waals surface area (Å²) in [5.74, 6) is 0. The van der Waals surface area contributed by atoms with Crippen LogP contribution in [0.4, 0.5) is 0 Å². The van der Waals surface area contributed by atoms with Gasteiger partial charge in [0.1, 0.15) is 0 Å². The zero-order chi connectivity index (χ0) is 5.98. The number of hydrogen-bond donors (Lipinski definition) is 3. The molecule has 0 aromatic heterocycles. The maximum Gasteiger partial charge on any atom is 0.0680 e. The average Bonchev–Trinajstić information content (AvgIpc) is 2.14. The number of β-amino-alcohol motifs (C(OH)–C–C–N with tert-alkyl or cyclic N) is 1. The first kappa shape index (κ1) is 6.01. The number of hydrogen-bond acceptors (Lipinski definition) is 3. The molecular weight excluding hydrogens is 106 g/mol. The molecule has 3 nitrogen and oxygen atoms in total. The van der Waals surface area contributed by atoms with Crippen molar-refractivity contribution >= 4 is 0 Å². The lowest BCUT2D eigenvalue weighted by atomic mass is 10.2. The lowest BCUT2D eigenvalue weighted by Crippen LogP contribution is -2.24. The van der Waals surface area contributed by atoms with Crippen molar-refractivity contribution in [2.75, 3.05) is 13.2 Å². The van der Waals surface area contributed by atoms with Crippen molar-refractivity contribution in [2.24, 2.45) is 0 Å². The smallest absolute Gasteiger partial charge is 0.0680 e. The molecule has 1 rings (SSSR count). The van der Waals surface area contributed by atoms with Crippen LogP contribution in [0.1, 0.15) is 6.42 Å². The molecule has 1 aliphatic rings. The fourth-order valence-electron chi connectivity index (χ4n) is 0.937. The summed E-state index contributed by atoms with van der Waals surface area (Å²) in [5.41, 5.74) is 0. The normalized spacial score (nSPS) is 38.2. The van der Waals surface area contributed by atoms with E-state index in [0.717, 1.165) is 0 Å². The van der Waals surface area contributed by atoms with Gasteiger partial charge in [-0.2, -0.15) is 0 Å². The summed E-state index contributed by atoms with van der Waals surface area (Å²) < 4.78 is 0. The van der Waals surface area contributed by atoms with E-state index in [0.29, 0.717) is 13.0 Å². The van der Waals surface area contributed by atoms with Crippen molar-refractivity contribution in [3.8, 4) is 0 Å². The minimum Gasteiger partial charge on any atom is -0.395 e. The van der Waals surface area contributed by atoms with E-state index in [4.69, 9.17) is 10.2 Å². The Morgan fingerprint density at radius 1 is 1.62 bits per heavy atom. The molecule has 0 saturated carbocycles. The van der Waals surface area contributed by atoms with Gasteiger partial charge in [-0.3, -0.25) is 0 Å². The number of aliphatic hydroxyl groups is 2. The van der Waals surface area contributed by atoms with Gasteiger partial charge >= 0.3 is 0 Å². The van der Waals surface area contributed by atoms with Gasteiger partial charge in [0.2, 0.25) is 0 Å². The van der Waals surface area contributed by atoms with Crippen LogP contribution in [0.5, 0.6) is 0 Å². The molecular formula is C5H11NO2. The van der Waals surface area contributed by atoms with Gasteiger partial charge in [0.25, 0.3) is 0 Å². The summed E-state index contributed by atoms with van der Waals surface area (Å²) in [6.45, 7) is 0.766. The van der Waals surface area contributed by atoms with E-state index in [-0.39, 0.29) is 18.8 Å². The van der Waals surface area contributed by atoms with Crippen LogP contribution in [0, 0.1) is 0 Å². The second kappa shape index (κ2) is 2.44. The van der Waals surface area contributed by atoms with Crippen LogP contribution >= 0.6 is 0 Å². The standard InChI is InChI=1S/C5H11NO2/c7-3-4-1-5(8)2-6-4/h4-8H,1-3H2/t4-,5-/m0/s1. The molecule has 0 radical (unpaired) electrons. The Labute approximate surface area is 48.3 Å². The molecule has 1 saturated heterocycles. The Morgan fingerprint density at radius 3 is 2.62 bits per heavy atom. The zero-order valence-corrected chi connectivity index (χ0v) is 4.67. The topological polar surface area (TPSA) is 52.5 Å². The first-order valence-electron chi connectivity index (χ1n) is 2.85. The van der Waals surface area contributed by atoms with E-state index < -0.39 is 0 Å². The average molecular weight is 117 g/mol. The monoisotopic (exact) mass is 117 g/mol. The second-order valence-corrected chi connectivity index (χ2v) is 2.18. The summed E-state index contributed by atoms with van der Waals surface area (Å²) in [6, 6.07) is 0.130. The predicted molar refractivity (Wildman–Crippen MR) is 29.5 cm³/mol. The first-order chi connectivity index (χ1) is 3.83. The van der Waals surface area contributed by atoms with Crippen LogP contribution in [0.3, 0.4) is 0 Å². The van der Waals surface area contributed by atoms with Crippen molar-refractivity contribution in [2.45, 2.75) is 18.6 Å². The zero-order valence-electron chi connectivity index (χ0n) is 4.67. The molecule has 0 bridgehead atoms. The summed E-state index contributed by atoms with van der Waals surface area (Å²) in [5, 5.41) is 20.3. The predicted octanol–water partition coefficient (Wildman–Crippen LogP) is -1.30. The summed E-state index contributed by atoms with van der Waals surface area (Å²) >= 11 is 0. The summed E-state index contributed by atoms with van der Waals surface area (Å²) in [4.78, 5) is 0. The molecule has 2 atom stereocenters. The van der Waals surface area contributed by atoms with Crippen LogP contribution in [-0.4, -0.2) is 35.5 Å². The van der Waals surface area contributed by atoms with Gasteiger partial charge in [-0.05, 0) is 6.42 Å². The Hall–Kier alpha value is -0.120. The highest BCUT2D eigenvalue weighted by Gasteiger charge is 2.20. The van der Waals surface area contributed by atoms with Gasteiger partial charge < -0.3 is 15.5 Å². The number of nitrogens with one attached hydrogen (secondary N) is 1. The highest BCUT2D eigenvalue weighted by molar-refractivity contribution is 4.79. The lowest BCUT2D eigenvalue weighted by Gasteiger charge is -2.01. The van der Waals surface area contributed by atoms with Crippen LogP contribution in [-0.2, 0) is 0 Å². The SMILES string of the molecule is OC[C@@H]1C[C@H](O)CN1. The van der Waals surface area contributed by atoms with Crippen LogP contribution in [0.15, 0.2) is 0 Å². The molecule has 0 spiro atoms. The van der Waals surface area contributed by atoms with Gasteiger partial charge in [0.15, 0.2) is 0 Å². The van der Waals surface area contributed by atoms with Crippen molar-refractivity contribution in [1.29, 1.82) is 0 Å². The molecule has 0 unspecified atom stereocenters. The van der Waals surface area contributed by atoms with Crippen molar-refractivity contribution in [3.05, 3.63) is 0 Å². The third-order valence-corrected chi connectivity index (χ3v) is 1.42. The van der Waals surface area contributed by atoms with Crippen LogP contribution < -0.4 is 5.32 Å². The number of aliphatic hydroxyl groups excluding tert-OH is 2. The second-order valence-electron chi connectivity index (χ2n) is 2.18. The largest absolute Gasteiger partial charge is 0.395 e. The molecule has 1 heterocycles. The van der Waals surface area contributed by atoms with Crippen LogP contribution in [0.25, 0.3) is 0 Å². The minimum atomic E-state index is -0.243. The highest BCUT2D eigenvalue weighted by atomic mass is 16.3. The highest BCUT2D eigenvalue weighted by Crippen LogP contribution is 2.03. The third kappa shape index (κ3) is 1.18. The quantitative estimate of drug-likeness (QED) is 0.400. The first-order valence-corrected chi connectivity index (χ1v) is 2.85. The molecule has 1 fully saturated rings. The molecule has 0 aliphatic carbocycles. The van der Waals surface area contributed by atoms with Crippen molar-refractivity contribution in [3.63, 3.8) is 0 Å². The van der Waals surface area contributed by atoms with E-state index in [1.807, 2.05) is 0 Å². The molecule has 3 heteroatoms. The molecule has 1 aliphatic heterocycles. The van der Waals surface area contributed by atoms with E-state index in [2.05, 4.69) is 5.32 Å². The maximum absolute atomic E-state index is 8.86. The maximum atomic E-state index is 8.86. The lowest BCUT2D eigenvalue weighted by molar-refractivity contribution is 0.184. The fraction of sp³-hybridized carbons (Fsp3) is 1.00. The van der Waals surface area contributed by atoms with Crippen molar-refractivity contribution in [1.82, 2.24) is 5.32 Å². The number of rotatable bonds is 1.